The first kappa shape index (κ1) is 21.1. The second-order valence-corrected chi connectivity index (χ2v) is 6.15. The fourth-order valence-corrected chi connectivity index (χ4v) is 2.54. The first-order valence-electron chi connectivity index (χ1n) is 8.91. The molecule has 2 aromatic rings. The minimum Gasteiger partial charge on any atom is -0.493 e. The number of methoxy groups -OCH3 is 2. The maximum atomic E-state index is 11.0. The van der Waals surface area contributed by atoms with Crippen LogP contribution in [0.1, 0.15) is 23.1 Å². The number of rotatable bonds is 9. The van der Waals surface area contributed by atoms with Crippen LogP contribution < -0.4 is 19.6 Å². The van der Waals surface area contributed by atoms with Gasteiger partial charge in [-0.25, -0.2) is 10.2 Å². The Kier molecular flexibility index (Phi) is 8.14. The fraction of sp³-hybridized carbons (Fsp3) is 0.333. The Labute approximate surface area is 165 Å². The molecule has 1 N–H and O–H groups in total. The Morgan fingerprint density at radius 2 is 1.71 bits per heavy atom. The summed E-state index contributed by atoms with van der Waals surface area (Å²) >= 11 is 0. The number of carbonyl (C=O) groups is 1. The van der Waals surface area contributed by atoms with Gasteiger partial charge >= 0.3 is 6.09 Å². The van der Waals surface area contributed by atoms with E-state index in [1.165, 1.54) is 24.5 Å². The summed E-state index contributed by atoms with van der Waals surface area (Å²) in [6, 6.07) is 11.5. The Morgan fingerprint density at radius 3 is 2.39 bits per heavy atom. The number of nitrogens with zero attached hydrogens (tertiary/aromatic N) is 1. The average molecular weight is 386 g/mol. The maximum absolute atomic E-state index is 11.0. The van der Waals surface area contributed by atoms with E-state index in [1.54, 1.807) is 19.2 Å². The van der Waals surface area contributed by atoms with Crippen LogP contribution in [0.25, 0.3) is 0 Å². The topological polar surface area (TPSA) is 78.4 Å². The molecule has 0 aliphatic heterocycles. The molecule has 2 aromatic carbocycles. The molecule has 0 fully saturated rings. The van der Waals surface area contributed by atoms with E-state index in [0.29, 0.717) is 24.7 Å². The summed E-state index contributed by atoms with van der Waals surface area (Å²) in [7, 11) is 2.84. The zero-order chi connectivity index (χ0) is 20.4. The number of hydrazone groups is 1. The SMILES string of the molecule is COC(=O)N/N=C\c1ccc(OCCCOc2cc(C)cc(C)c2)c(OC)c1. The summed E-state index contributed by atoms with van der Waals surface area (Å²) in [4.78, 5) is 11.0. The van der Waals surface area contributed by atoms with E-state index in [2.05, 4.69) is 35.2 Å². The number of carbonyl (C=O) groups excluding carboxylic acids is 1. The van der Waals surface area contributed by atoms with Crippen LogP contribution in [0.5, 0.6) is 17.2 Å². The van der Waals surface area contributed by atoms with E-state index in [9.17, 15) is 4.79 Å². The lowest BCUT2D eigenvalue weighted by Gasteiger charge is -2.12. The molecule has 7 heteroatoms. The third-order valence-corrected chi connectivity index (χ3v) is 3.75. The number of ether oxygens (including phenoxy) is 4. The lowest BCUT2D eigenvalue weighted by molar-refractivity contribution is 0.171. The molecule has 7 nitrogen and oxygen atoms in total. The van der Waals surface area contributed by atoms with E-state index < -0.39 is 6.09 Å². The summed E-state index contributed by atoms with van der Waals surface area (Å²) < 4.78 is 21.4. The van der Waals surface area contributed by atoms with Gasteiger partial charge in [-0.3, -0.25) is 0 Å². The summed E-state index contributed by atoms with van der Waals surface area (Å²) in [5.41, 5.74) is 5.34. The van der Waals surface area contributed by atoms with Crippen LogP contribution in [-0.2, 0) is 4.74 Å². The molecule has 0 radical (unpaired) electrons. The number of amides is 1. The number of benzene rings is 2. The molecule has 0 heterocycles. The highest BCUT2D eigenvalue weighted by Crippen LogP contribution is 2.27. The van der Waals surface area contributed by atoms with Gasteiger partial charge in [0.25, 0.3) is 0 Å². The zero-order valence-electron chi connectivity index (χ0n) is 16.7. The summed E-state index contributed by atoms with van der Waals surface area (Å²) in [5.74, 6) is 2.09. The van der Waals surface area contributed by atoms with E-state index in [0.717, 1.165) is 17.7 Å². The second-order valence-electron chi connectivity index (χ2n) is 6.15. The predicted octanol–water partition coefficient (Wildman–Crippen LogP) is 3.85. The molecule has 0 saturated heterocycles. The molecule has 2 rings (SSSR count). The zero-order valence-corrected chi connectivity index (χ0v) is 16.7. The molecule has 150 valence electrons. The van der Waals surface area contributed by atoms with Crippen LogP contribution in [0, 0.1) is 13.8 Å². The molecule has 0 unspecified atom stereocenters. The number of aryl methyl sites for hydroxylation is 2. The van der Waals surface area contributed by atoms with Crippen LogP contribution >= 0.6 is 0 Å². The van der Waals surface area contributed by atoms with Crippen molar-refractivity contribution in [2.24, 2.45) is 5.10 Å². The monoisotopic (exact) mass is 386 g/mol. The van der Waals surface area contributed by atoms with Crippen LogP contribution in [0.15, 0.2) is 41.5 Å². The normalized spacial score (nSPS) is 10.6. The van der Waals surface area contributed by atoms with Crippen LogP contribution in [0.3, 0.4) is 0 Å². The molecule has 0 aromatic heterocycles. The van der Waals surface area contributed by atoms with Gasteiger partial charge in [-0.15, -0.1) is 0 Å². The van der Waals surface area contributed by atoms with Crippen molar-refractivity contribution in [2.75, 3.05) is 27.4 Å². The molecule has 1 amide bonds. The Balaban J connectivity index is 1.82. The van der Waals surface area contributed by atoms with Gasteiger partial charge in [0.1, 0.15) is 5.75 Å². The standard InChI is InChI=1S/C21H26N2O5/c1-15-10-16(2)12-18(11-15)27-8-5-9-28-19-7-6-17(13-20(19)25-3)14-22-23-21(24)26-4/h6-7,10-14H,5,8-9H2,1-4H3,(H,23,24)/b22-14-. The fourth-order valence-electron chi connectivity index (χ4n) is 2.54. The lowest BCUT2D eigenvalue weighted by Crippen LogP contribution is -2.16. The molecule has 0 saturated carbocycles. The Bertz CT molecular complexity index is 800. The average Bonchev–Trinajstić information content (AvgIpc) is 2.67. The predicted molar refractivity (Wildman–Crippen MR) is 108 cm³/mol. The first-order chi connectivity index (χ1) is 13.5. The third-order valence-electron chi connectivity index (χ3n) is 3.75. The largest absolute Gasteiger partial charge is 0.493 e. The molecule has 0 atom stereocenters. The number of hydrogen-bond acceptors (Lipinski definition) is 6. The molecule has 0 bridgehead atoms. The molecule has 28 heavy (non-hydrogen) atoms. The molecule has 0 spiro atoms. The van der Waals surface area contributed by atoms with Crippen molar-refractivity contribution < 1.29 is 23.7 Å². The van der Waals surface area contributed by atoms with Gasteiger partial charge in [0.2, 0.25) is 0 Å². The van der Waals surface area contributed by atoms with Crippen molar-refractivity contribution in [2.45, 2.75) is 20.3 Å². The summed E-state index contributed by atoms with van der Waals surface area (Å²) in [5, 5.41) is 3.78. The highest BCUT2D eigenvalue weighted by molar-refractivity contribution is 5.82. The van der Waals surface area contributed by atoms with Crippen molar-refractivity contribution in [1.29, 1.82) is 0 Å². The van der Waals surface area contributed by atoms with E-state index >= 15 is 0 Å². The second kappa shape index (κ2) is 10.8. The number of hydrogen-bond donors (Lipinski definition) is 1. The smallest absolute Gasteiger partial charge is 0.427 e. The molecule has 0 aliphatic carbocycles. The van der Waals surface area contributed by atoms with E-state index in [1.807, 2.05) is 18.2 Å². The first-order valence-corrected chi connectivity index (χ1v) is 8.91. The Hall–Kier alpha value is -3.22. The molecule has 0 aliphatic rings. The lowest BCUT2D eigenvalue weighted by atomic mass is 10.1. The van der Waals surface area contributed by atoms with E-state index in [4.69, 9.17) is 14.2 Å². The summed E-state index contributed by atoms with van der Waals surface area (Å²) in [6.45, 7) is 5.16. The van der Waals surface area contributed by atoms with Crippen LogP contribution in [0.4, 0.5) is 4.79 Å². The van der Waals surface area contributed by atoms with E-state index in [-0.39, 0.29) is 0 Å². The number of nitrogens with one attached hydrogen (secondary N) is 1. The van der Waals surface area contributed by atoms with Crippen molar-refractivity contribution in [3.05, 3.63) is 53.1 Å². The quantitative estimate of drug-likeness (QED) is 0.402. The minimum absolute atomic E-state index is 0.499. The third kappa shape index (κ3) is 6.83. The van der Waals surface area contributed by atoms with Gasteiger partial charge in [0.15, 0.2) is 11.5 Å². The summed E-state index contributed by atoms with van der Waals surface area (Å²) in [6.07, 6.45) is 1.59. The van der Waals surface area contributed by atoms with Gasteiger partial charge in [-0.1, -0.05) is 6.07 Å². The van der Waals surface area contributed by atoms with Gasteiger partial charge in [-0.05, 0) is 60.9 Å². The molecular weight excluding hydrogens is 360 g/mol. The van der Waals surface area contributed by atoms with Crippen molar-refractivity contribution in [3.8, 4) is 17.2 Å². The van der Waals surface area contributed by atoms with Crippen molar-refractivity contribution >= 4 is 12.3 Å². The van der Waals surface area contributed by atoms with Gasteiger partial charge in [0, 0.05) is 6.42 Å². The van der Waals surface area contributed by atoms with Gasteiger partial charge in [-0.2, -0.15) is 5.10 Å². The highest BCUT2D eigenvalue weighted by atomic mass is 16.5. The van der Waals surface area contributed by atoms with Crippen molar-refractivity contribution in [1.82, 2.24) is 5.43 Å². The van der Waals surface area contributed by atoms with Crippen molar-refractivity contribution in [3.63, 3.8) is 0 Å². The van der Waals surface area contributed by atoms with Crippen LogP contribution in [-0.4, -0.2) is 39.7 Å². The van der Waals surface area contributed by atoms with Gasteiger partial charge < -0.3 is 18.9 Å². The highest BCUT2D eigenvalue weighted by Gasteiger charge is 2.06. The minimum atomic E-state index is -0.633. The maximum Gasteiger partial charge on any atom is 0.427 e. The Morgan fingerprint density at radius 1 is 1.00 bits per heavy atom. The van der Waals surface area contributed by atoms with Gasteiger partial charge in [0.05, 0.1) is 33.6 Å². The van der Waals surface area contributed by atoms with Crippen LogP contribution in [0.2, 0.25) is 0 Å². The molecular formula is C21H26N2O5.